The number of thioether (sulfide) groups is 1. The molecule has 0 spiro atoms. The molecular formula is C24H28O5S. The molecule has 2 rings (SSSR count). The van der Waals surface area contributed by atoms with Crippen molar-refractivity contribution >= 4 is 28.4 Å². The van der Waals surface area contributed by atoms with Crippen molar-refractivity contribution in [3.05, 3.63) is 58.2 Å². The van der Waals surface area contributed by atoms with Crippen LogP contribution in [-0.4, -0.2) is 36.2 Å². The molecule has 0 N–H and O–H groups in total. The van der Waals surface area contributed by atoms with Gasteiger partial charge in [0.1, 0.15) is 11.5 Å². The minimum Gasteiger partial charge on any atom is -0.496 e. The number of carbonyl (C=O) groups is 3. The molecule has 0 saturated carbocycles. The van der Waals surface area contributed by atoms with E-state index in [4.69, 9.17) is 9.47 Å². The van der Waals surface area contributed by atoms with Crippen LogP contribution in [-0.2, 0) is 4.79 Å². The second-order valence-electron chi connectivity index (χ2n) is 7.49. The average Bonchev–Trinajstić information content (AvgIpc) is 2.70. The Morgan fingerprint density at radius 1 is 0.967 bits per heavy atom. The van der Waals surface area contributed by atoms with Crippen LogP contribution in [0.25, 0.3) is 0 Å². The molecule has 1 unspecified atom stereocenters. The molecule has 0 fully saturated rings. The molecule has 0 saturated heterocycles. The van der Waals surface area contributed by atoms with Crippen molar-refractivity contribution < 1.29 is 23.9 Å². The Balaban J connectivity index is 2.49. The maximum Gasteiger partial charge on any atom is 0.194 e. The maximum absolute atomic E-state index is 13.4. The van der Waals surface area contributed by atoms with Crippen molar-refractivity contribution in [2.45, 2.75) is 45.8 Å². The largest absolute Gasteiger partial charge is 0.496 e. The molecule has 1 aliphatic rings. The first-order valence-electron chi connectivity index (χ1n) is 9.71. The molecule has 160 valence electrons. The molecule has 1 aromatic rings. The van der Waals surface area contributed by atoms with Crippen molar-refractivity contribution in [1.29, 1.82) is 0 Å². The average molecular weight is 429 g/mol. The van der Waals surface area contributed by atoms with Gasteiger partial charge in [0.2, 0.25) is 0 Å². The molecule has 0 radical (unpaired) electrons. The Morgan fingerprint density at radius 3 is 2.07 bits per heavy atom. The number of rotatable bonds is 8. The third-order valence-electron chi connectivity index (χ3n) is 4.63. The van der Waals surface area contributed by atoms with E-state index in [-0.39, 0.29) is 34.2 Å². The SMILES string of the molecule is COc1ccc(OC)c2c1C(=O)C=C(C(CC=C(C)C)SC(=O)CC=C(C)C)C2=O. The van der Waals surface area contributed by atoms with Gasteiger partial charge in [0.25, 0.3) is 0 Å². The minimum absolute atomic E-state index is 0.0482. The number of hydrogen-bond acceptors (Lipinski definition) is 6. The normalized spacial score (nSPS) is 13.7. The Bertz CT molecular complexity index is 945. The summed E-state index contributed by atoms with van der Waals surface area (Å²) in [5, 5.41) is -0.508. The lowest BCUT2D eigenvalue weighted by Gasteiger charge is -2.24. The number of ether oxygens (including phenoxy) is 2. The van der Waals surface area contributed by atoms with Crippen LogP contribution in [0.4, 0.5) is 0 Å². The van der Waals surface area contributed by atoms with Crippen molar-refractivity contribution in [3.8, 4) is 11.5 Å². The Morgan fingerprint density at radius 2 is 1.53 bits per heavy atom. The number of carbonyl (C=O) groups excluding carboxylic acids is 3. The van der Waals surface area contributed by atoms with Gasteiger partial charge >= 0.3 is 0 Å². The van der Waals surface area contributed by atoms with Gasteiger partial charge in [0.15, 0.2) is 16.7 Å². The standard InChI is InChI=1S/C24H28O5S/c1-14(2)7-11-20(30-21(26)12-8-15(3)4)16-13-17(25)22-18(28-5)9-10-19(29-6)23(22)24(16)27/h7-10,13,20H,11-12H2,1-6H3. The van der Waals surface area contributed by atoms with Gasteiger partial charge in [-0.2, -0.15) is 0 Å². The fourth-order valence-electron chi connectivity index (χ4n) is 3.11. The highest BCUT2D eigenvalue weighted by Crippen LogP contribution is 2.39. The third-order valence-corrected chi connectivity index (χ3v) is 5.79. The highest BCUT2D eigenvalue weighted by Gasteiger charge is 2.35. The van der Waals surface area contributed by atoms with Crippen LogP contribution in [0.3, 0.4) is 0 Å². The second kappa shape index (κ2) is 10.4. The summed E-state index contributed by atoms with van der Waals surface area (Å²) in [5.41, 5.74) is 2.84. The zero-order chi connectivity index (χ0) is 22.4. The Hall–Kier alpha value is -2.60. The zero-order valence-electron chi connectivity index (χ0n) is 18.3. The van der Waals surface area contributed by atoms with Gasteiger partial charge in [-0.3, -0.25) is 14.4 Å². The van der Waals surface area contributed by atoms with Crippen LogP contribution in [0.1, 0.15) is 61.3 Å². The highest BCUT2D eigenvalue weighted by atomic mass is 32.2. The van der Waals surface area contributed by atoms with Gasteiger partial charge in [0.05, 0.1) is 25.3 Å². The van der Waals surface area contributed by atoms with E-state index in [1.54, 1.807) is 12.1 Å². The number of hydrogen-bond donors (Lipinski definition) is 0. The number of Topliss-reactive ketones (excluding diaryl/α,β-unsaturated/α-hetero) is 1. The van der Waals surface area contributed by atoms with Gasteiger partial charge in [-0.05, 0) is 52.3 Å². The van der Waals surface area contributed by atoms with Crippen LogP contribution in [0, 0.1) is 0 Å². The van der Waals surface area contributed by atoms with Gasteiger partial charge in [0, 0.05) is 17.2 Å². The first kappa shape index (κ1) is 23.7. The van der Waals surface area contributed by atoms with Crippen molar-refractivity contribution in [1.82, 2.24) is 0 Å². The third kappa shape index (κ3) is 5.51. The van der Waals surface area contributed by atoms with Gasteiger partial charge in [-0.15, -0.1) is 0 Å². The molecule has 6 heteroatoms. The molecule has 0 aromatic heterocycles. The quantitative estimate of drug-likeness (QED) is 0.520. The Labute approximate surface area is 182 Å². The van der Waals surface area contributed by atoms with Crippen LogP contribution >= 0.6 is 11.8 Å². The zero-order valence-corrected chi connectivity index (χ0v) is 19.1. The lowest BCUT2D eigenvalue weighted by Crippen LogP contribution is -2.25. The van der Waals surface area contributed by atoms with Crippen LogP contribution in [0.5, 0.6) is 11.5 Å². The molecule has 5 nitrogen and oxygen atoms in total. The fraction of sp³-hybridized carbons (Fsp3) is 0.375. The molecule has 0 heterocycles. The fourth-order valence-corrected chi connectivity index (χ4v) is 4.10. The molecule has 1 atom stereocenters. The molecular weight excluding hydrogens is 400 g/mol. The molecule has 1 aliphatic carbocycles. The minimum atomic E-state index is -0.460. The van der Waals surface area contributed by atoms with Crippen molar-refractivity contribution in [2.75, 3.05) is 14.2 Å². The van der Waals surface area contributed by atoms with E-state index < -0.39 is 5.25 Å². The van der Waals surface area contributed by atoms with Crippen molar-refractivity contribution in [3.63, 3.8) is 0 Å². The molecule has 0 bridgehead atoms. The van der Waals surface area contributed by atoms with E-state index in [1.165, 1.54) is 20.3 Å². The summed E-state index contributed by atoms with van der Waals surface area (Å²) in [4.78, 5) is 38.9. The first-order chi connectivity index (χ1) is 14.2. The molecule has 1 aromatic carbocycles. The van der Waals surface area contributed by atoms with Gasteiger partial charge < -0.3 is 9.47 Å². The summed E-state index contributed by atoms with van der Waals surface area (Å²) in [7, 11) is 2.91. The van der Waals surface area contributed by atoms with E-state index in [0.29, 0.717) is 23.5 Å². The topological polar surface area (TPSA) is 69.7 Å². The second-order valence-corrected chi connectivity index (χ2v) is 8.75. The lowest BCUT2D eigenvalue weighted by molar-refractivity contribution is -0.110. The Kier molecular flexibility index (Phi) is 8.24. The van der Waals surface area contributed by atoms with Gasteiger partial charge in [-0.25, -0.2) is 0 Å². The summed E-state index contributed by atoms with van der Waals surface area (Å²) < 4.78 is 10.6. The summed E-state index contributed by atoms with van der Waals surface area (Å²) in [6, 6.07) is 3.23. The summed E-state index contributed by atoms with van der Waals surface area (Å²) in [6.07, 6.45) is 5.93. The predicted molar refractivity (Wildman–Crippen MR) is 121 cm³/mol. The van der Waals surface area contributed by atoms with E-state index >= 15 is 0 Å². The van der Waals surface area contributed by atoms with Gasteiger partial charge in [-0.1, -0.05) is 35.1 Å². The molecule has 0 amide bonds. The summed E-state index contributed by atoms with van der Waals surface area (Å²) in [5.74, 6) is 0.00841. The van der Waals surface area contributed by atoms with Crippen LogP contribution < -0.4 is 9.47 Å². The number of methoxy groups -OCH3 is 2. The summed E-state index contributed by atoms with van der Waals surface area (Å²) in [6.45, 7) is 7.78. The van der Waals surface area contributed by atoms with E-state index in [9.17, 15) is 14.4 Å². The molecule has 0 aliphatic heterocycles. The number of fused-ring (bicyclic) bond motifs is 1. The smallest absolute Gasteiger partial charge is 0.194 e. The number of allylic oxidation sites excluding steroid dienone is 5. The number of ketones is 2. The van der Waals surface area contributed by atoms with Crippen LogP contribution in [0.15, 0.2) is 47.1 Å². The van der Waals surface area contributed by atoms with E-state index in [0.717, 1.165) is 22.9 Å². The summed E-state index contributed by atoms with van der Waals surface area (Å²) >= 11 is 1.10. The number of benzene rings is 1. The van der Waals surface area contributed by atoms with E-state index in [1.807, 2.05) is 39.8 Å². The maximum atomic E-state index is 13.4. The predicted octanol–water partition coefficient (Wildman–Crippen LogP) is 5.35. The highest BCUT2D eigenvalue weighted by molar-refractivity contribution is 8.14. The van der Waals surface area contributed by atoms with E-state index in [2.05, 4.69) is 0 Å². The van der Waals surface area contributed by atoms with Crippen LogP contribution in [0.2, 0.25) is 0 Å². The molecule has 30 heavy (non-hydrogen) atoms. The lowest BCUT2D eigenvalue weighted by atomic mass is 9.86. The first-order valence-corrected chi connectivity index (χ1v) is 10.6. The van der Waals surface area contributed by atoms with Crippen molar-refractivity contribution in [2.24, 2.45) is 0 Å². The monoisotopic (exact) mass is 428 g/mol.